The highest BCUT2D eigenvalue weighted by Crippen LogP contribution is 2.20. The Bertz CT molecular complexity index is 923. The van der Waals surface area contributed by atoms with Crippen LogP contribution in [-0.2, 0) is 10.0 Å². The first-order chi connectivity index (χ1) is 13.3. The molecule has 2 aromatic rings. The first-order valence-corrected chi connectivity index (χ1v) is 10.8. The van der Waals surface area contributed by atoms with E-state index in [0.29, 0.717) is 18.7 Å². The number of benzene rings is 1. The van der Waals surface area contributed by atoms with Crippen molar-refractivity contribution in [2.24, 2.45) is 0 Å². The van der Waals surface area contributed by atoms with E-state index in [2.05, 4.69) is 9.88 Å². The zero-order valence-electron chi connectivity index (χ0n) is 16.4. The molecule has 0 bridgehead atoms. The highest BCUT2D eigenvalue weighted by molar-refractivity contribution is 7.89. The van der Waals surface area contributed by atoms with Gasteiger partial charge in [-0.05, 0) is 44.2 Å². The lowest BCUT2D eigenvalue weighted by Crippen LogP contribution is -2.48. The van der Waals surface area contributed by atoms with Gasteiger partial charge in [-0.15, -0.1) is 0 Å². The monoisotopic (exact) mass is 402 g/mol. The highest BCUT2D eigenvalue weighted by Gasteiger charge is 2.26. The fourth-order valence-corrected chi connectivity index (χ4v) is 4.55. The van der Waals surface area contributed by atoms with E-state index in [4.69, 9.17) is 0 Å². The van der Waals surface area contributed by atoms with Crippen molar-refractivity contribution in [1.29, 1.82) is 0 Å². The van der Waals surface area contributed by atoms with E-state index >= 15 is 0 Å². The second-order valence-electron chi connectivity index (χ2n) is 7.13. The van der Waals surface area contributed by atoms with Gasteiger partial charge in [0.2, 0.25) is 10.0 Å². The van der Waals surface area contributed by atoms with Crippen molar-refractivity contribution in [1.82, 2.24) is 14.2 Å². The van der Waals surface area contributed by atoms with E-state index in [9.17, 15) is 13.2 Å². The molecule has 1 saturated heterocycles. The molecule has 1 fully saturated rings. The topological polar surface area (TPSA) is 73.8 Å². The second kappa shape index (κ2) is 8.28. The summed E-state index contributed by atoms with van der Waals surface area (Å²) in [4.78, 5) is 21.1. The summed E-state index contributed by atoms with van der Waals surface area (Å²) in [5.41, 5.74) is 1.49. The number of hydrogen-bond donors (Lipinski definition) is 0. The average Bonchev–Trinajstić information content (AvgIpc) is 2.73. The number of amides is 1. The van der Waals surface area contributed by atoms with Gasteiger partial charge in [0.05, 0.1) is 4.90 Å². The van der Waals surface area contributed by atoms with Crippen LogP contribution in [0.3, 0.4) is 0 Å². The van der Waals surface area contributed by atoms with Gasteiger partial charge in [0.15, 0.2) is 0 Å². The second-order valence-corrected chi connectivity index (χ2v) is 9.12. The molecule has 0 spiro atoms. The SMILES string of the molecule is CC(C)N(C)S(=O)(=O)c1cccc(C(=O)N2CCN(c3ccncc3)CC2)c1. The number of carbonyl (C=O) groups excluding carboxylic acids is 1. The molecule has 28 heavy (non-hydrogen) atoms. The number of hydrogen-bond acceptors (Lipinski definition) is 5. The third-order valence-electron chi connectivity index (χ3n) is 5.08. The molecule has 0 aliphatic carbocycles. The number of pyridine rings is 1. The van der Waals surface area contributed by atoms with Crippen LogP contribution < -0.4 is 4.90 Å². The standard InChI is InChI=1S/C20H26N4O3S/c1-16(2)22(3)28(26,27)19-6-4-5-17(15-19)20(25)24-13-11-23(12-14-24)18-7-9-21-10-8-18/h4-10,15-16H,11-14H2,1-3H3. The number of rotatable bonds is 5. The summed E-state index contributed by atoms with van der Waals surface area (Å²) >= 11 is 0. The van der Waals surface area contributed by atoms with Crippen LogP contribution >= 0.6 is 0 Å². The molecular weight excluding hydrogens is 376 g/mol. The Morgan fingerprint density at radius 3 is 2.32 bits per heavy atom. The van der Waals surface area contributed by atoms with Crippen molar-refractivity contribution in [3.8, 4) is 0 Å². The zero-order chi connectivity index (χ0) is 20.3. The Morgan fingerprint density at radius 2 is 1.71 bits per heavy atom. The van der Waals surface area contributed by atoms with E-state index < -0.39 is 10.0 Å². The van der Waals surface area contributed by atoms with Gasteiger partial charge >= 0.3 is 0 Å². The van der Waals surface area contributed by atoms with Crippen molar-refractivity contribution in [3.63, 3.8) is 0 Å². The van der Waals surface area contributed by atoms with Crippen LogP contribution in [-0.4, -0.2) is 67.8 Å². The normalized spacial score (nSPS) is 15.3. The Hall–Kier alpha value is -2.45. The highest BCUT2D eigenvalue weighted by atomic mass is 32.2. The van der Waals surface area contributed by atoms with E-state index in [0.717, 1.165) is 18.8 Å². The first kappa shape index (κ1) is 20.3. The molecule has 150 valence electrons. The van der Waals surface area contributed by atoms with Gasteiger partial charge in [-0.25, -0.2) is 8.42 Å². The van der Waals surface area contributed by atoms with Crippen LogP contribution in [0, 0.1) is 0 Å². The van der Waals surface area contributed by atoms with Crippen molar-refractivity contribution < 1.29 is 13.2 Å². The van der Waals surface area contributed by atoms with E-state index in [-0.39, 0.29) is 16.8 Å². The number of anilines is 1. The molecule has 7 nitrogen and oxygen atoms in total. The van der Waals surface area contributed by atoms with Gasteiger partial charge in [-0.3, -0.25) is 9.78 Å². The maximum absolute atomic E-state index is 12.9. The van der Waals surface area contributed by atoms with Crippen molar-refractivity contribution in [2.75, 3.05) is 38.1 Å². The van der Waals surface area contributed by atoms with Gasteiger partial charge in [0.1, 0.15) is 0 Å². The van der Waals surface area contributed by atoms with Crippen LogP contribution in [0.2, 0.25) is 0 Å². The quantitative estimate of drug-likeness (QED) is 0.766. The van der Waals surface area contributed by atoms with Crippen molar-refractivity contribution >= 4 is 21.6 Å². The Labute approximate surface area is 166 Å². The minimum Gasteiger partial charge on any atom is -0.368 e. The van der Waals surface area contributed by atoms with Crippen LogP contribution in [0.4, 0.5) is 5.69 Å². The minimum atomic E-state index is -3.62. The van der Waals surface area contributed by atoms with E-state index in [1.54, 1.807) is 36.5 Å². The van der Waals surface area contributed by atoms with Crippen molar-refractivity contribution in [2.45, 2.75) is 24.8 Å². The molecule has 3 rings (SSSR count). The Kier molecular flexibility index (Phi) is 6.00. The molecule has 0 N–H and O–H groups in total. The summed E-state index contributed by atoms with van der Waals surface area (Å²) in [6.45, 7) is 6.26. The molecule has 1 aliphatic heterocycles. The Morgan fingerprint density at radius 1 is 1.07 bits per heavy atom. The maximum atomic E-state index is 12.9. The molecule has 1 aromatic carbocycles. The summed E-state index contributed by atoms with van der Waals surface area (Å²) in [5.74, 6) is -0.140. The van der Waals surface area contributed by atoms with Crippen LogP contribution in [0.25, 0.3) is 0 Å². The summed E-state index contributed by atoms with van der Waals surface area (Å²) < 4.78 is 26.7. The molecule has 0 saturated carbocycles. The number of aromatic nitrogens is 1. The molecule has 2 heterocycles. The first-order valence-electron chi connectivity index (χ1n) is 9.33. The molecule has 0 atom stereocenters. The fourth-order valence-electron chi connectivity index (χ4n) is 3.14. The summed E-state index contributed by atoms with van der Waals surface area (Å²) in [6.07, 6.45) is 3.51. The van der Waals surface area contributed by atoms with Gasteiger partial charge in [0.25, 0.3) is 5.91 Å². The van der Waals surface area contributed by atoms with Gasteiger partial charge < -0.3 is 9.80 Å². The third-order valence-corrected chi connectivity index (χ3v) is 7.11. The molecule has 0 unspecified atom stereocenters. The number of piperazine rings is 1. The molecular formula is C20H26N4O3S. The summed E-state index contributed by atoms with van der Waals surface area (Å²) in [7, 11) is -2.07. The molecule has 1 aliphatic rings. The smallest absolute Gasteiger partial charge is 0.254 e. The summed E-state index contributed by atoms with van der Waals surface area (Å²) in [5, 5.41) is 0. The number of carbonyl (C=O) groups is 1. The van der Waals surface area contributed by atoms with Crippen LogP contribution in [0.15, 0.2) is 53.7 Å². The predicted octanol–water partition coefficient (Wildman–Crippen LogP) is 2.07. The molecule has 0 radical (unpaired) electrons. The van der Waals surface area contributed by atoms with Crippen molar-refractivity contribution in [3.05, 3.63) is 54.4 Å². The van der Waals surface area contributed by atoms with Crippen LogP contribution in [0.1, 0.15) is 24.2 Å². The summed E-state index contributed by atoms with van der Waals surface area (Å²) in [6, 6.07) is 10.1. The Balaban J connectivity index is 1.72. The third kappa shape index (κ3) is 4.18. The lowest BCUT2D eigenvalue weighted by Gasteiger charge is -2.36. The van der Waals surface area contributed by atoms with Gasteiger partial charge in [0, 0.05) is 62.9 Å². The van der Waals surface area contributed by atoms with E-state index in [1.807, 2.05) is 26.0 Å². The van der Waals surface area contributed by atoms with E-state index in [1.165, 1.54) is 16.4 Å². The molecule has 1 amide bonds. The average molecular weight is 403 g/mol. The molecule has 8 heteroatoms. The lowest BCUT2D eigenvalue weighted by molar-refractivity contribution is 0.0746. The molecule has 1 aromatic heterocycles. The largest absolute Gasteiger partial charge is 0.368 e. The fraction of sp³-hybridized carbons (Fsp3) is 0.400. The minimum absolute atomic E-state index is 0.140. The maximum Gasteiger partial charge on any atom is 0.254 e. The van der Waals surface area contributed by atoms with Gasteiger partial charge in [-0.2, -0.15) is 4.31 Å². The lowest BCUT2D eigenvalue weighted by atomic mass is 10.1. The van der Waals surface area contributed by atoms with Crippen LogP contribution in [0.5, 0.6) is 0 Å². The predicted molar refractivity (Wildman–Crippen MR) is 109 cm³/mol. The number of nitrogens with zero attached hydrogens (tertiary/aromatic N) is 4. The number of sulfonamides is 1. The zero-order valence-corrected chi connectivity index (χ0v) is 17.3. The van der Waals surface area contributed by atoms with Gasteiger partial charge in [-0.1, -0.05) is 6.07 Å².